The van der Waals surface area contributed by atoms with Crippen LogP contribution in [0.15, 0.2) is 0 Å². The lowest BCUT2D eigenvalue weighted by Crippen LogP contribution is -1.73. The van der Waals surface area contributed by atoms with Crippen molar-refractivity contribution in [1.82, 2.24) is 0 Å². The number of hydrogen-bond acceptors (Lipinski definition) is 2. The summed E-state index contributed by atoms with van der Waals surface area (Å²) in [6, 6.07) is 0. The second kappa shape index (κ2) is 4.71. The van der Waals surface area contributed by atoms with E-state index >= 15 is 0 Å². The quantitative estimate of drug-likeness (QED) is 0.558. The lowest BCUT2D eigenvalue weighted by atomic mass is 11.0. The molecular formula is C3H6F2S2. The van der Waals surface area contributed by atoms with Crippen LogP contribution in [0.5, 0.6) is 0 Å². The first-order chi connectivity index (χ1) is 3.27. The molecule has 4 heteroatoms. The maximum Gasteiger partial charge on any atom is 0.294 e. The van der Waals surface area contributed by atoms with E-state index in [0.717, 1.165) is 5.75 Å². The van der Waals surface area contributed by atoms with Gasteiger partial charge in [0.2, 0.25) is 0 Å². The number of hydrogen-bond donors (Lipinski definition) is 0. The maximum absolute atomic E-state index is 11.2. The molecule has 0 fully saturated rings. The molecule has 0 aromatic rings. The molecule has 0 saturated carbocycles. The summed E-state index contributed by atoms with van der Waals surface area (Å²) in [6.45, 7) is 1.85. The van der Waals surface area contributed by atoms with Gasteiger partial charge in [0.15, 0.2) is 0 Å². The lowest BCUT2D eigenvalue weighted by Gasteiger charge is -1.91. The van der Waals surface area contributed by atoms with Gasteiger partial charge in [-0.1, -0.05) is 17.7 Å². The fraction of sp³-hybridized carbons (Fsp3) is 1.00. The average Bonchev–Trinajstić information content (AvgIpc) is 1.61. The largest absolute Gasteiger partial charge is 0.294 e. The molecule has 0 saturated heterocycles. The molecule has 0 N–H and O–H groups in total. The van der Waals surface area contributed by atoms with E-state index in [0.29, 0.717) is 10.8 Å². The van der Waals surface area contributed by atoms with Gasteiger partial charge in [-0.25, -0.2) is 0 Å². The predicted octanol–water partition coefficient (Wildman–Crippen LogP) is 2.61. The fourth-order valence-electron chi connectivity index (χ4n) is 0.119. The average molecular weight is 144 g/mol. The van der Waals surface area contributed by atoms with Crippen LogP contribution in [-0.2, 0) is 0 Å². The van der Waals surface area contributed by atoms with Crippen molar-refractivity contribution >= 4 is 21.6 Å². The molecule has 0 heterocycles. The summed E-state index contributed by atoms with van der Waals surface area (Å²) in [7, 11) is 1.80. The van der Waals surface area contributed by atoms with Gasteiger partial charge in [0.25, 0.3) is 5.76 Å². The molecule has 7 heavy (non-hydrogen) atoms. The monoisotopic (exact) mass is 144 g/mol. The second-order valence-electron chi connectivity index (χ2n) is 0.763. The highest BCUT2D eigenvalue weighted by atomic mass is 33.1. The molecule has 0 atom stereocenters. The van der Waals surface area contributed by atoms with E-state index in [4.69, 9.17) is 0 Å². The van der Waals surface area contributed by atoms with Crippen LogP contribution in [0.4, 0.5) is 8.78 Å². The van der Waals surface area contributed by atoms with Crippen LogP contribution >= 0.6 is 21.6 Å². The van der Waals surface area contributed by atoms with Gasteiger partial charge >= 0.3 is 0 Å². The van der Waals surface area contributed by atoms with E-state index in [1.807, 2.05) is 6.92 Å². The molecule has 0 aliphatic heterocycles. The first kappa shape index (κ1) is 7.56. The van der Waals surface area contributed by atoms with Crippen molar-refractivity contribution in [3.63, 3.8) is 0 Å². The Bertz CT molecular complexity index is 39.9. The van der Waals surface area contributed by atoms with E-state index in [1.54, 1.807) is 0 Å². The topological polar surface area (TPSA) is 0 Å². The molecule has 0 aliphatic rings. The Labute approximate surface area is 49.4 Å². The molecule has 0 rings (SSSR count). The van der Waals surface area contributed by atoms with Gasteiger partial charge in [0.1, 0.15) is 0 Å². The van der Waals surface area contributed by atoms with Gasteiger partial charge in [-0.2, -0.15) is 8.78 Å². The van der Waals surface area contributed by atoms with Crippen molar-refractivity contribution in [2.75, 3.05) is 5.75 Å². The van der Waals surface area contributed by atoms with Crippen molar-refractivity contribution in [1.29, 1.82) is 0 Å². The molecule has 0 bridgehead atoms. The minimum atomic E-state index is -2.22. The van der Waals surface area contributed by atoms with Crippen LogP contribution in [0.3, 0.4) is 0 Å². The number of halogens is 2. The smallest absolute Gasteiger partial charge is 0.197 e. The Hall–Kier alpha value is 0.560. The highest BCUT2D eigenvalue weighted by molar-refractivity contribution is 8.76. The summed E-state index contributed by atoms with van der Waals surface area (Å²) in [4.78, 5) is 0. The van der Waals surface area contributed by atoms with Crippen LogP contribution in [0.25, 0.3) is 0 Å². The van der Waals surface area contributed by atoms with Crippen LogP contribution in [-0.4, -0.2) is 11.5 Å². The minimum absolute atomic E-state index is 0.615. The molecule has 0 amide bonds. The lowest BCUT2D eigenvalue weighted by molar-refractivity contribution is 0.254. The molecule has 0 spiro atoms. The Morgan fingerprint density at radius 3 is 2.29 bits per heavy atom. The summed E-state index contributed by atoms with van der Waals surface area (Å²) >= 11 is 0. The van der Waals surface area contributed by atoms with E-state index in [2.05, 4.69) is 0 Å². The highest BCUT2D eigenvalue weighted by Crippen LogP contribution is 2.27. The zero-order valence-electron chi connectivity index (χ0n) is 3.86. The normalized spacial score (nSPS) is 10.3. The third-order valence-electron chi connectivity index (χ3n) is 0.259. The molecule has 0 unspecified atom stereocenters. The summed E-state index contributed by atoms with van der Waals surface area (Å²) in [5.41, 5.74) is 0. The third-order valence-corrected chi connectivity index (χ3v) is 2.33. The molecule has 0 aromatic heterocycles. The first-order valence-corrected chi connectivity index (χ1v) is 4.22. The van der Waals surface area contributed by atoms with Crippen molar-refractivity contribution in [2.24, 2.45) is 0 Å². The van der Waals surface area contributed by atoms with E-state index in [9.17, 15) is 8.78 Å². The highest BCUT2D eigenvalue weighted by Gasteiger charge is 1.99. The Morgan fingerprint density at radius 2 is 2.14 bits per heavy atom. The van der Waals surface area contributed by atoms with Crippen LogP contribution in [0.1, 0.15) is 6.92 Å². The van der Waals surface area contributed by atoms with Gasteiger partial charge in [0, 0.05) is 5.75 Å². The number of alkyl halides is 2. The van der Waals surface area contributed by atoms with Gasteiger partial charge < -0.3 is 0 Å². The van der Waals surface area contributed by atoms with Gasteiger partial charge in [0.05, 0.1) is 0 Å². The summed E-state index contributed by atoms with van der Waals surface area (Å²) in [5.74, 6) is -1.47. The minimum Gasteiger partial charge on any atom is -0.197 e. The zero-order valence-corrected chi connectivity index (χ0v) is 5.49. The number of rotatable bonds is 3. The summed E-state index contributed by atoms with van der Waals surface area (Å²) in [5, 5.41) is 0. The van der Waals surface area contributed by atoms with Gasteiger partial charge in [-0.15, -0.1) is 0 Å². The van der Waals surface area contributed by atoms with E-state index in [1.165, 1.54) is 10.8 Å². The molecule has 0 aromatic carbocycles. The van der Waals surface area contributed by atoms with Crippen molar-refractivity contribution in [2.45, 2.75) is 12.7 Å². The standard InChI is InChI=1S/C3H6F2S2/c1-2-6-7-3(4)5/h3H,2H2,1H3. The first-order valence-electron chi connectivity index (χ1n) is 1.83. The van der Waals surface area contributed by atoms with Gasteiger partial charge in [-0.3, -0.25) is 0 Å². The summed E-state index contributed by atoms with van der Waals surface area (Å²) < 4.78 is 22.3. The molecule has 0 aliphatic carbocycles. The van der Waals surface area contributed by atoms with Crippen molar-refractivity contribution in [3.05, 3.63) is 0 Å². The van der Waals surface area contributed by atoms with Crippen molar-refractivity contribution < 1.29 is 8.78 Å². The molecular weight excluding hydrogens is 138 g/mol. The van der Waals surface area contributed by atoms with E-state index < -0.39 is 5.76 Å². The Morgan fingerprint density at radius 1 is 1.57 bits per heavy atom. The van der Waals surface area contributed by atoms with Crippen LogP contribution < -0.4 is 0 Å². The third kappa shape index (κ3) is 6.56. The Kier molecular flexibility index (Phi) is 5.09. The second-order valence-corrected chi connectivity index (χ2v) is 3.41. The fourth-order valence-corrected chi connectivity index (χ4v) is 1.08. The molecule has 0 radical (unpaired) electrons. The maximum atomic E-state index is 11.2. The zero-order chi connectivity index (χ0) is 5.70. The van der Waals surface area contributed by atoms with Crippen molar-refractivity contribution in [3.8, 4) is 0 Å². The Balaban J connectivity index is 2.68. The summed E-state index contributed by atoms with van der Waals surface area (Å²) in [6.07, 6.45) is 0. The molecule has 44 valence electrons. The van der Waals surface area contributed by atoms with Crippen LogP contribution in [0, 0.1) is 0 Å². The predicted molar refractivity (Wildman–Crippen MR) is 31.7 cm³/mol. The SMILES string of the molecule is CCSSC(F)F. The van der Waals surface area contributed by atoms with Crippen LogP contribution in [0.2, 0.25) is 0 Å². The van der Waals surface area contributed by atoms with Gasteiger partial charge in [-0.05, 0) is 10.8 Å². The van der Waals surface area contributed by atoms with E-state index in [-0.39, 0.29) is 0 Å². The molecule has 0 nitrogen and oxygen atoms in total.